The summed E-state index contributed by atoms with van der Waals surface area (Å²) in [7, 11) is 0. The first-order valence-corrected chi connectivity index (χ1v) is 3.43. The third-order valence-electron chi connectivity index (χ3n) is 1.46. The van der Waals surface area contributed by atoms with Crippen LogP contribution >= 0.6 is 0 Å². The molecule has 1 rings (SSSR count). The molecule has 0 aromatic carbocycles. The molecule has 0 saturated carbocycles. The summed E-state index contributed by atoms with van der Waals surface area (Å²) < 4.78 is 4.99. The second kappa shape index (κ2) is 3.66. The van der Waals surface area contributed by atoms with Crippen LogP contribution in [-0.4, -0.2) is 41.7 Å². The maximum atomic E-state index is 10.1. The van der Waals surface area contributed by atoms with E-state index in [1.807, 2.05) is 0 Å². The van der Waals surface area contributed by atoms with Gasteiger partial charge in [-0.1, -0.05) is 0 Å². The predicted octanol–water partition coefficient (Wildman–Crippen LogP) is -1.23. The molecule has 0 aliphatic carbocycles. The molecule has 1 saturated heterocycles. The molecule has 0 aromatic heterocycles. The van der Waals surface area contributed by atoms with Gasteiger partial charge in [0.25, 0.3) is 0 Å². The van der Waals surface area contributed by atoms with Gasteiger partial charge in [0.05, 0.1) is 19.3 Å². The van der Waals surface area contributed by atoms with Crippen LogP contribution in [0.5, 0.6) is 0 Å². The largest absolute Gasteiger partial charge is 0.480 e. The lowest BCUT2D eigenvalue weighted by Gasteiger charge is -2.08. The lowest BCUT2D eigenvalue weighted by atomic mass is 10.3. The Morgan fingerprint density at radius 3 is 2.91 bits per heavy atom. The molecular formula is C6H11NO4. The Bertz CT molecular complexity index is 150. The normalized spacial score (nSPS) is 30.6. The average molecular weight is 161 g/mol. The van der Waals surface area contributed by atoms with Gasteiger partial charge in [-0.25, -0.2) is 0 Å². The van der Waals surface area contributed by atoms with E-state index in [0.717, 1.165) is 0 Å². The minimum atomic E-state index is -0.921. The maximum absolute atomic E-state index is 10.1. The zero-order valence-corrected chi connectivity index (χ0v) is 5.99. The van der Waals surface area contributed by atoms with E-state index in [4.69, 9.17) is 14.9 Å². The number of hydrogen-bond acceptors (Lipinski definition) is 4. The van der Waals surface area contributed by atoms with Crippen LogP contribution in [0.1, 0.15) is 6.42 Å². The van der Waals surface area contributed by atoms with Crippen molar-refractivity contribution in [3.05, 3.63) is 0 Å². The van der Waals surface area contributed by atoms with Crippen LogP contribution in [0.2, 0.25) is 0 Å². The molecule has 1 fully saturated rings. The third kappa shape index (κ3) is 2.83. The van der Waals surface area contributed by atoms with E-state index in [2.05, 4.69) is 5.32 Å². The van der Waals surface area contributed by atoms with Crippen LogP contribution in [0.15, 0.2) is 0 Å². The third-order valence-corrected chi connectivity index (χ3v) is 1.46. The van der Waals surface area contributed by atoms with Crippen LogP contribution < -0.4 is 5.32 Å². The Morgan fingerprint density at radius 2 is 2.45 bits per heavy atom. The summed E-state index contributed by atoms with van der Waals surface area (Å²) in [5.41, 5.74) is 0. The predicted molar refractivity (Wildman–Crippen MR) is 36.0 cm³/mol. The van der Waals surface area contributed by atoms with Crippen LogP contribution in [0, 0.1) is 0 Å². The smallest absolute Gasteiger partial charge is 0.317 e. The fourth-order valence-electron chi connectivity index (χ4n) is 0.954. The SMILES string of the molecule is O=C(O)CN[C@@H]1C[C@@H](O)CO1. The van der Waals surface area contributed by atoms with Crippen molar-refractivity contribution in [1.29, 1.82) is 0 Å². The average Bonchev–Trinajstić information content (AvgIpc) is 2.31. The van der Waals surface area contributed by atoms with Gasteiger partial charge in [-0.15, -0.1) is 0 Å². The number of hydrogen-bond donors (Lipinski definition) is 3. The molecule has 0 radical (unpaired) electrons. The molecule has 0 amide bonds. The van der Waals surface area contributed by atoms with Crippen LogP contribution in [-0.2, 0) is 9.53 Å². The van der Waals surface area contributed by atoms with Gasteiger partial charge < -0.3 is 14.9 Å². The molecule has 0 bridgehead atoms. The Morgan fingerprint density at radius 1 is 1.73 bits per heavy atom. The number of carbonyl (C=O) groups is 1. The van der Waals surface area contributed by atoms with E-state index < -0.39 is 12.1 Å². The molecule has 1 aliphatic rings. The highest BCUT2D eigenvalue weighted by molar-refractivity contribution is 5.69. The van der Waals surface area contributed by atoms with Crippen molar-refractivity contribution >= 4 is 5.97 Å². The minimum Gasteiger partial charge on any atom is -0.480 e. The van der Waals surface area contributed by atoms with Gasteiger partial charge in [-0.2, -0.15) is 0 Å². The highest BCUT2D eigenvalue weighted by Crippen LogP contribution is 2.09. The maximum Gasteiger partial charge on any atom is 0.317 e. The summed E-state index contributed by atoms with van der Waals surface area (Å²) in [6, 6.07) is 0. The van der Waals surface area contributed by atoms with Crippen molar-refractivity contribution < 1.29 is 19.7 Å². The van der Waals surface area contributed by atoms with Gasteiger partial charge in [-0.3, -0.25) is 10.1 Å². The molecule has 3 N–H and O–H groups in total. The zero-order chi connectivity index (χ0) is 8.27. The Hall–Kier alpha value is -0.650. The topological polar surface area (TPSA) is 78.8 Å². The standard InChI is InChI=1S/C6H11NO4/c8-4-1-5(11-3-4)7-2-6(9)10/h4-5,7-8H,1-3H2,(H,9,10)/t4-,5+/m1/s1. The number of rotatable bonds is 3. The quantitative estimate of drug-likeness (QED) is 0.483. The van der Waals surface area contributed by atoms with Gasteiger partial charge in [0.1, 0.15) is 6.23 Å². The number of nitrogens with one attached hydrogen (secondary N) is 1. The second-order valence-electron chi connectivity index (χ2n) is 2.49. The number of carboxylic acids is 1. The summed E-state index contributed by atoms with van der Waals surface area (Å²) in [5.74, 6) is -0.921. The molecule has 5 nitrogen and oxygen atoms in total. The van der Waals surface area contributed by atoms with Gasteiger partial charge in [0, 0.05) is 6.42 Å². The zero-order valence-electron chi connectivity index (χ0n) is 5.99. The van der Waals surface area contributed by atoms with Gasteiger partial charge in [0.2, 0.25) is 0 Å². The molecule has 1 heterocycles. The van der Waals surface area contributed by atoms with Gasteiger partial charge in [-0.05, 0) is 0 Å². The van der Waals surface area contributed by atoms with E-state index >= 15 is 0 Å². The Balaban J connectivity index is 2.13. The first-order chi connectivity index (χ1) is 5.18. The number of ether oxygens (including phenoxy) is 1. The fraction of sp³-hybridized carbons (Fsp3) is 0.833. The summed E-state index contributed by atoms with van der Waals surface area (Å²) >= 11 is 0. The number of aliphatic hydroxyl groups excluding tert-OH is 1. The van der Waals surface area contributed by atoms with Crippen LogP contribution in [0.25, 0.3) is 0 Å². The number of aliphatic carboxylic acids is 1. The first kappa shape index (κ1) is 8.45. The summed E-state index contributed by atoms with van der Waals surface area (Å²) in [6.07, 6.45) is -0.296. The minimum absolute atomic E-state index is 0.128. The fourth-order valence-corrected chi connectivity index (χ4v) is 0.954. The highest BCUT2D eigenvalue weighted by Gasteiger charge is 2.23. The van der Waals surface area contributed by atoms with Crippen LogP contribution in [0.3, 0.4) is 0 Å². The summed E-state index contributed by atoms with van der Waals surface area (Å²) in [5, 5.41) is 19.8. The highest BCUT2D eigenvalue weighted by atomic mass is 16.5. The molecule has 1 aliphatic heterocycles. The molecule has 64 valence electrons. The second-order valence-corrected chi connectivity index (χ2v) is 2.49. The van der Waals surface area contributed by atoms with Crippen molar-refractivity contribution in [1.82, 2.24) is 5.32 Å². The molecule has 0 spiro atoms. The molecular weight excluding hydrogens is 150 g/mol. The summed E-state index contributed by atoms with van der Waals surface area (Å²) in [4.78, 5) is 10.1. The van der Waals surface area contributed by atoms with Crippen LogP contribution in [0.4, 0.5) is 0 Å². The molecule has 0 aromatic rings. The van der Waals surface area contributed by atoms with Gasteiger partial charge in [0.15, 0.2) is 0 Å². The van der Waals surface area contributed by atoms with Crippen molar-refractivity contribution in [2.45, 2.75) is 18.8 Å². The lowest BCUT2D eigenvalue weighted by Crippen LogP contribution is -2.33. The molecule has 11 heavy (non-hydrogen) atoms. The van der Waals surface area contributed by atoms with E-state index in [1.165, 1.54) is 0 Å². The molecule has 5 heteroatoms. The lowest BCUT2D eigenvalue weighted by molar-refractivity contribution is -0.136. The van der Waals surface area contributed by atoms with Crippen molar-refractivity contribution in [2.75, 3.05) is 13.2 Å². The Labute approximate surface area is 64.0 Å². The number of carboxylic acid groups (broad SMARTS) is 1. The van der Waals surface area contributed by atoms with Crippen molar-refractivity contribution in [3.63, 3.8) is 0 Å². The van der Waals surface area contributed by atoms with Gasteiger partial charge >= 0.3 is 5.97 Å². The monoisotopic (exact) mass is 161 g/mol. The summed E-state index contributed by atoms with van der Waals surface area (Å²) in [6.45, 7) is 0.161. The van der Waals surface area contributed by atoms with E-state index in [9.17, 15) is 4.79 Å². The Kier molecular flexibility index (Phi) is 2.81. The molecule has 2 atom stereocenters. The van der Waals surface area contributed by atoms with E-state index in [1.54, 1.807) is 0 Å². The number of aliphatic hydroxyl groups is 1. The molecule has 0 unspecified atom stereocenters. The van der Waals surface area contributed by atoms with E-state index in [0.29, 0.717) is 6.42 Å². The van der Waals surface area contributed by atoms with Crippen molar-refractivity contribution in [3.8, 4) is 0 Å². The van der Waals surface area contributed by atoms with E-state index in [-0.39, 0.29) is 19.4 Å². The first-order valence-electron chi connectivity index (χ1n) is 3.43. The van der Waals surface area contributed by atoms with Crippen molar-refractivity contribution in [2.24, 2.45) is 0 Å².